The first kappa shape index (κ1) is 18.7. The summed E-state index contributed by atoms with van der Waals surface area (Å²) < 4.78 is 0. The van der Waals surface area contributed by atoms with Gasteiger partial charge in [-0.1, -0.05) is 19.9 Å². The highest BCUT2D eigenvalue weighted by Gasteiger charge is 2.21. The molecule has 1 rings (SSSR count). The number of aliphatic carboxylic acids is 1. The Balaban J connectivity index is 3.05. The van der Waals surface area contributed by atoms with Gasteiger partial charge in [-0.15, -0.1) is 0 Å². The van der Waals surface area contributed by atoms with Gasteiger partial charge in [0.15, 0.2) is 0 Å². The molecular weight excluding hydrogens is 296 g/mol. The normalized spacial score (nSPS) is 10.5. The molecule has 1 N–H and O–H groups in total. The van der Waals surface area contributed by atoms with Gasteiger partial charge in [0.25, 0.3) is 11.8 Å². The SMILES string of the molecule is CCN(C)C(=O)c1cccc(C(=O)N(CC(=O)O)CC(C)C)c1. The third-order valence-corrected chi connectivity index (χ3v) is 3.38. The van der Waals surface area contributed by atoms with Gasteiger partial charge >= 0.3 is 5.97 Å². The highest BCUT2D eigenvalue weighted by molar-refractivity contribution is 6.00. The first-order valence-corrected chi connectivity index (χ1v) is 7.62. The molecule has 0 aliphatic rings. The lowest BCUT2D eigenvalue weighted by atomic mass is 10.1. The summed E-state index contributed by atoms with van der Waals surface area (Å²) in [5, 5.41) is 8.99. The van der Waals surface area contributed by atoms with Crippen molar-refractivity contribution in [1.82, 2.24) is 9.80 Å². The number of hydrogen-bond donors (Lipinski definition) is 1. The smallest absolute Gasteiger partial charge is 0.323 e. The van der Waals surface area contributed by atoms with Gasteiger partial charge in [0.2, 0.25) is 0 Å². The molecule has 6 heteroatoms. The van der Waals surface area contributed by atoms with E-state index >= 15 is 0 Å². The van der Waals surface area contributed by atoms with Crippen molar-refractivity contribution in [2.45, 2.75) is 20.8 Å². The Kier molecular flexibility index (Phi) is 6.75. The van der Waals surface area contributed by atoms with Crippen LogP contribution in [-0.4, -0.2) is 59.4 Å². The number of carboxylic acid groups (broad SMARTS) is 1. The molecule has 0 bridgehead atoms. The number of carbonyl (C=O) groups excluding carboxylic acids is 2. The molecule has 0 radical (unpaired) electrons. The first-order chi connectivity index (χ1) is 10.8. The standard InChI is InChI=1S/C17H24N2O4/c1-5-18(4)16(22)13-7-6-8-14(9-13)17(23)19(10-12(2)3)11-15(20)21/h6-9,12H,5,10-11H2,1-4H3,(H,20,21). The van der Waals surface area contributed by atoms with Crippen LogP contribution in [0.1, 0.15) is 41.5 Å². The lowest BCUT2D eigenvalue weighted by molar-refractivity contribution is -0.137. The molecule has 6 nitrogen and oxygen atoms in total. The molecule has 0 aliphatic carbocycles. The third-order valence-electron chi connectivity index (χ3n) is 3.38. The number of hydrogen-bond acceptors (Lipinski definition) is 3. The monoisotopic (exact) mass is 320 g/mol. The molecule has 0 aliphatic heterocycles. The molecule has 0 saturated carbocycles. The minimum atomic E-state index is -1.06. The van der Waals surface area contributed by atoms with Crippen molar-refractivity contribution in [1.29, 1.82) is 0 Å². The molecule has 23 heavy (non-hydrogen) atoms. The minimum absolute atomic E-state index is 0.148. The fourth-order valence-corrected chi connectivity index (χ4v) is 2.16. The van der Waals surface area contributed by atoms with Crippen LogP contribution in [0.4, 0.5) is 0 Å². The topological polar surface area (TPSA) is 77.9 Å². The van der Waals surface area contributed by atoms with E-state index in [1.165, 1.54) is 11.0 Å². The molecule has 0 fully saturated rings. The van der Waals surface area contributed by atoms with Crippen molar-refractivity contribution >= 4 is 17.8 Å². The molecule has 2 amide bonds. The summed E-state index contributed by atoms with van der Waals surface area (Å²) in [7, 11) is 1.69. The maximum atomic E-state index is 12.6. The van der Waals surface area contributed by atoms with E-state index in [0.29, 0.717) is 24.2 Å². The Morgan fingerprint density at radius 2 is 1.70 bits per heavy atom. The van der Waals surface area contributed by atoms with Gasteiger partial charge < -0.3 is 14.9 Å². The van der Waals surface area contributed by atoms with Gasteiger partial charge in [-0.25, -0.2) is 0 Å². The molecule has 1 aromatic rings. The van der Waals surface area contributed by atoms with Gasteiger partial charge in [-0.2, -0.15) is 0 Å². The van der Waals surface area contributed by atoms with Crippen LogP contribution in [0.5, 0.6) is 0 Å². The van der Waals surface area contributed by atoms with E-state index in [-0.39, 0.29) is 24.3 Å². The second kappa shape index (κ2) is 8.31. The van der Waals surface area contributed by atoms with E-state index in [1.807, 2.05) is 20.8 Å². The predicted molar refractivity (Wildman–Crippen MR) is 87.5 cm³/mol. The predicted octanol–water partition coefficient (Wildman–Crippen LogP) is 1.96. The molecule has 0 heterocycles. The van der Waals surface area contributed by atoms with Crippen LogP contribution in [0.2, 0.25) is 0 Å². The first-order valence-electron chi connectivity index (χ1n) is 7.62. The molecule has 0 aromatic heterocycles. The number of carboxylic acids is 1. The van der Waals surface area contributed by atoms with Crippen molar-refractivity contribution < 1.29 is 19.5 Å². The number of nitrogens with zero attached hydrogens (tertiary/aromatic N) is 2. The van der Waals surface area contributed by atoms with Crippen molar-refractivity contribution in [3.63, 3.8) is 0 Å². The van der Waals surface area contributed by atoms with Crippen molar-refractivity contribution in [2.75, 3.05) is 26.7 Å². The summed E-state index contributed by atoms with van der Waals surface area (Å²) in [5.74, 6) is -1.46. The maximum absolute atomic E-state index is 12.6. The second-order valence-corrected chi connectivity index (χ2v) is 5.87. The Bertz CT molecular complexity index is 584. The molecular formula is C17H24N2O4. The summed E-state index contributed by atoms with van der Waals surface area (Å²) in [6.07, 6.45) is 0. The minimum Gasteiger partial charge on any atom is -0.480 e. The summed E-state index contributed by atoms with van der Waals surface area (Å²) in [5.41, 5.74) is 0.738. The largest absolute Gasteiger partial charge is 0.480 e. The fraction of sp³-hybridized carbons (Fsp3) is 0.471. The quantitative estimate of drug-likeness (QED) is 0.833. The zero-order chi connectivity index (χ0) is 17.6. The maximum Gasteiger partial charge on any atom is 0.323 e. The van der Waals surface area contributed by atoms with E-state index in [1.54, 1.807) is 30.1 Å². The molecule has 0 spiro atoms. The Hall–Kier alpha value is -2.37. The van der Waals surface area contributed by atoms with E-state index in [0.717, 1.165) is 0 Å². The third kappa shape index (κ3) is 5.39. The van der Waals surface area contributed by atoms with E-state index in [9.17, 15) is 14.4 Å². The second-order valence-electron chi connectivity index (χ2n) is 5.87. The highest BCUT2D eigenvalue weighted by atomic mass is 16.4. The van der Waals surface area contributed by atoms with Crippen LogP contribution < -0.4 is 0 Å². The van der Waals surface area contributed by atoms with Crippen LogP contribution >= 0.6 is 0 Å². The Morgan fingerprint density at radius 3 is 2.17 bits per heavy atom. The average molecular weight is 320 g/mol. The lowest BCUT2D eigenvalue weighted by Crippen LogP contribution is -2.38. The number of benzene rings is 1. The summed E-state index contributed by atoms with van der Waals surface area (Å²) in [6.45, 7) is 6.25. The molecule has 126 valence electrons. The van der Waals surface area contributed by atoms with E-state index in [4.69, 9.17) is 5.11 Å². The van der Waals surface area contributed by atoms with Crippen LogP contribution in [0, 0.1) is 5.92 Å². The zero-order valence-electron chi connectivity index (χ0n) is 14.1. The van der Waals surface area contributed by atoms with Crippen molar-refractivity contribution in [2.24, 2.45) is 5.92 Å². The van der Waals surface area contributed by atoms with Gasteiger partial charge in [-0.05, 0) is 31.0 Å². The van der Waals surface area contributed by atoms with Gasteiger partial charge in [0.05, 0.1) is 0 Å². The van der Waals surface area contributed by atoms with Crippen LogP contribution in [0.15, 0.2) is 24.3 Å². The van der Waals surface area contributed by atoms with Crippen LogP contribution in [-0.2, 0) is 4.79 Å². The highest BCUT2D eigenvalue weighted by Crippen LogP contribution is 2.12. The number of amides is 2. The molecule has 0 saturated heterocycles. The number of carbonyl (C=O) groups is 3. The van der Waals surface area contributed by atoms with Crippen LogP contribution in [0.3, 0.4) is 0 Å². The average Bonchev–Trinajstić information content (AvgIpc) is 2.51. The molecule has 0 unspecified atom stereocenters. The van der Waals surface area contributed by atoms with Crippen LogP contribution in [0.25, 0.3) is 0 Å². The number of rotatable bonds is 7. The zero-order valence-corrected chi connectivity index (χ0v) is 14.1. The van der Waals surface area contributed by atoms with E-state index < -0.39 is 5.97 Å². The van der Waals surface area contributed by atoms with Gasteiger partial charge in [0, 0.05) is 31.3 Å². The lowest BCUT2D eigenvalue weighted by Gasteiger charge is -2.23. The van der Waals surface area contributed by atoms with Gasteiger partial charge in [0.1, 0.15) is 6.54 Å². The van der Waals surface area contributed by atoms with Crippen molar-refractivity contribution in [3.05, 3.63) is 35.4 Å². The van der Waals surface area contributed by atoms with Gasteiger partial charge in [-0.3, -0.25) is 14.4 Å². The van der Waals surface area contributed by atoms with E-state index in [2.05, 4.69) is 0 Å². The molecule has 1 aromatic carbocycles. The summed E-state index contributed by atoms with van der Waals surface area (Å²) in [4.78, 5) is 38.6. The Labute approximate surface area is 136 Å². The molecule has 0 atom stereocenters. The summed E-state index contributed by atoms with van der Waals surface area (Å²) >= 11 is 0. The fourth-order valence-electron chi connectivity index (χ4n) is 2.16. The Morgan fingerprint density at radius 1 is 1.13 bits per heavy atom. The van der Waals surface area contributed by atoms with Crippen molar-refractivity contribution in [3.8, 4) is 0 Å². The summed E-state index contributed by atoms with van der Waals surface area (Å²) in [6, 6.07) is 6.40.